The average Bonchev–Trinajstić information content (AvgIpc) is 3.21. The average molecular weight is 391 g/mol. The molecule has 1 atom stereocenters. The Bertz CT molecular complexity index is 693. The molecular formula is C17H23BrN6. The second-order valence-corrected chi connectivity index (χ2v) is 6.91. The summed E-state index contributed by atoms with van der Waals surface area (Å²) in [5.41, 5.74) is 3.50. The van der Waals surface area contributed by atoms with E-state index in [9.17, 15) is 0 Å². The van der Waals surface area contributed by atoms with Crippen LogP contribution in [0.5, 0.6) is 0 Å². The Labute approximate surface area is 150 Å². The highest BCUT2D eigenvalue weighted by Crippen LogP contribution is 2.22. The molecule has 24 heavy (non-hydrogen) atoms. The molecular weight excluding hydrogens is 368 g/mol. The van der Waals surface area contributed by atoms with Gasteiger partial charge in [-0.15, -0.1) is 0 Å². The number of aromatic amines is 1. The molecule has 1 aliphatic heterocycles. The van der Waals surface area contributed by atoms with Gasteiger partial charge in [-0.1, -0.05) is 15.9 Å². The number of hydrogen-bond donors (Lipinski definition) is 3. The Morgan fingerprint density at radius 1 is 1.42 bits per heavy atom. The molecule has 1 aliphatic rings. The van der Waals surface area contributed by atoms with Gasteiger partial charge in [0.2, 0.25) is 0 Å². The van der Waals surface area contributed by atoms with E-state index in [0.29, 0.717) is 12.6 Å². The first kappa shape index (κ1) is 16.8. The number of nitrogens with zero attached hydrogens (tertiary/aromatic N) is 3. The number of H-pyrrole nitrogens is 1. The number of benzene rings is 1. The summed E-state index contributed by atoms with van der Waals surface area (Å²) in [5.74, 6) is 0.832. The predicted octanol–water partition coefficient (Wildman–Crippen LogP) is 2.42. The van der Waals surface area contributed by atoms with E-state index in [1.165, 1.54) is 5.69 Å². The van der Waals surface area contributed by atoms with Crippen molar-refractivity contribution in [2.45, 2.75) is 25.9 Å². The zero-order chi connectivity index (χ0) is 16.9. The number of aromatic nitrogens is 2. The van der Waals surface area contributed by atoms with Crippen molar-refractivity contribution in [1.29, 1.82) is 0 Å². The third-order valence-corrected chi connectivity index (χ3v) is 4.85. The van der Waals surface area contributed by atoms with Crippen LogP contribution in [0, 0.1) is 6.92 Å². The SMILES string of the molecule is CN=C(NCc1cn[nH]c1C)NC1CCN(c2ccc(Br)cc2)C1. The van der Waals surface area contributed by atoms with Crippen molar-refractivity contribution in [1.82, 2.24) is 20.8 Å². The number of aliphatic imine (C=N–C) groups is 1. The van der Waals surface area contributed by atoms with Crippen LogP contribution in [0.15, 0.2) is 39.9 Å². The first-order valence-corrected chi connectivity index (χ1v) is 8.91. The molecule has 7 heteroatoms. The molecule has 0 saturated carbocycles. The molecule has 1 unspecified atom stereocenters. The number of rotatable bonds is 4. The number of halogens is 1. The Morgan fingerprint density at radius 3 is 2.88 bits per heavy atom. The maximum absolute atomic E-state index is 4.33. The second kappa shape index (κ2) is 7.70. The van der Waals surface area contributed by atoms with Crippen LogP contribution < -0.4 is 15.5 Å². The summed E-state index contributed by atoms with van der Waals surface area (Å²) in [6.45, 7) is 4.77. The van der Waals surface area contributed by atoms with E-state index >= 15 is 0 Å². The van der Waals surface area contributed by atoms with Gasteiger partial charge >= 0.3 is 0 Å². The first-order valence-electron chi connectivity index (χ1n) is 8.12. The van der Waals surface area contributed by atoms with Gasteiger partial charge in [0, 0.05) is 54.1 Å². The van der Waals surface area contributed by atoms with E-state index in [1.54, 1.807) is 7.05 Å². The minimum atomic E-state index is 0.394. The van der Waals surface area contributed by atoms with Crippen molar-refractivity contribution >= 4 is 27.6 Å². The number of anilines is 1. The second-order valence-electron chi connectivity index (χ2n) is 6.00. The number of aryl methyl sites for hydroxylation is 1. The van der Waals surface area contributed by atoms with Crippen molar-refractivity contribution in [2.75, 3.05) is 25.0 Å². The van der Waals surface area contributed by atoms with Crippen LogP contribution in [0.3, 0.4) is 0 Å². The zero-order valence-corrected chi connectivity index (χ0v) is 15.6. The fourth-order valence-corrected chi connectivity index (χ4v) is 3.15. The molecule has 0 radical (unpaired) electrons. The van der Waals surface area contributed by atoms with Crippen LogP contribution in [0.4, 0.5) is 5.69 Å². The maximum atomic E-state index is 4.33. The minimum Gasteiger partial charge on any atom is -0.369 e. The van der Waals surface area contributed by atoms with Gasteiger partial charge < -0.3 is 15.5 Å². The summed E-state index contributed by atoms with van der Waals surface area (Å²) >= 11 is 3.49. The summed E-state index contributed by atoms with van der Waals surface area (Å²) in [7, 11) is 1.80. The van der Waals surface area contributed by atoms with Crippen molar-refractivity contribution in [3.8, 4) is 0 Å². The molecule has 3 N–H and O–H groups in total. The summed E-state index contributed by atoms with van der Waals surface area (Å²) in [6, 6.07) is 8.88. The molecule has 0 spiro atoms. The lowest BCUT2D eigenvalue weighted by Gasteiger charge is -2.20. The van der Waals surface area contributed by atoms with Gasteiger partial charge in [0.15, 0.2) is 5.96 Å². The van der Waals surface area contributed by atoms with Crippen LogP contribution in [0.1, 0.15) is 17.7 Å². The molecule has 0 amide bonds. The van der Waals surface area contributed by atoms with Crippen molar-refractivity contribution in [2.24, 2.45) is 4.99 Å². The van der Waals surface area contributed by atoms with Crippen LogP contribution in [-0.2, 0) is 6.54 Å². The van der Waals surface area contributed by atoms with Crippen molar-refractivity contribution < 1.29 is 0 Å². The number of nitrogens with one attached hydrogen (secondary N) is 3. The van der Waals surface area contributed by atoms with E-state index in [2.05, 4.69) is 70.9 Å². The molecule has 0 aliphatic carbocycles. The standard InChI is InChI=1S/C17H23BrN6/c1-12-13(10-21-23-12)9-20-17(19-2)22-15-7-8-24(11-15)16-5-3-14(18)4-6-16/h3-6,10,15H,7-9,11H2,1-2H3,(H,21,23)(H2,19,20,22). The normalized spacial score (nSPS) is 18.0. The van der Waals surface area contributed by atoms with Gasteiger partial charge in [0.1, 0.15) is 0 Å². The monoisotopic (exact) mass is 390 g/mol. The molecule has 1 fully saturated rings. The highest BCUT2D eigenvalue weighted by atomic mass is 79.9. The van der Waals surface area contributed by atoms with Gasteiger partial charge in [-0.25, -0.2) is 0 Å². The summed E-state index contributed by atoms with van der Waals surface area (Å²) in [5, 5.41) is 13.9. The molecule has 2 heterocycles. The lowest BCUT2D eigenvalue weighted by atomic mass is 10.2. The van der Waals surface area contributed by atoms with Gasteiger partial charge in [-0.05, 0) is 37.6 Å². The Balaban J connectivity index is 1.52. The zero-order valence-electron chi connectivity index (χ0n) is 14.0. The third-order valence-electron chi connectivity index (χ3n) is 4.33. The quantitative estimate of drug-likeness (QED) is 0.553. The van der Waals surface area contributed by atoms with Crippen molar-refractivity contribution in [3.63, 3.8) is 0 Å². The van der Waals surface area contributed by atoms with Crippen LogP contribution in [0.2, 0.25) is 0 Å². The molecule has 3 rings (SSSR count). The molecule has 2 aromatic rings. The smallest absolute Gasteiger partial charge is 0.191 e. The molecule has 6 nitrogen and oxygen atoms in total. The molecule has 1 saturated heterocycles. The van der Waals surface area contributed by atoms with Gasteiger partial charge in [-0.2, -0.15) is 5.10 Å². The molecule has 1 aromatic carbocycles. The fourth-order valence-electron chi connectivity index (χ4n) is 2.89. The van der Waals surface area contributed by atoms with Crippen LogP contribution >= 0.6 is 15.9 Å². The summed E-state index contributed by atoms with van der Waals surface area (Å²) in [6.07, 6.45) is 2.95. The van der Waals surface area contributed by atoms with Crippen LogP contribution in [0.25, 0.3) is 0 Å². The van der Waals surface area contributed by atoms with Crippen LogP contribution in [-0.4, -0.2) is 42.3 Å². The van der Waals surface area contributed by atoms with Gasteiger partial charge in [0.05, 0.1) is 6.20 Å². The lowest BCUT2D eigenvalue weighted by Crippen LogP contribution is -2.44. The fraction of sp³-hybridized carbons (Fsp3) is 0.412. The predicted molar refractivity (Wildman–Crippen MR) is 101 cm³/mol. The highest BCUT2D eigenvalue weighted by Gasteiger charge is 2.23. The minimum absolute atomic E-state index is 0.394. The molecule has 128 valence electrons. The first-order chi connectivity index (χ1) is 11.7. The van der Waals surface area contributed by atoms with Crippen molar-refractivity contribution in [3.05, 3.63) is 46.2 Å². The Hall–Kier alpha value is -2.02. The van der Waals surface area contributed by atoms with E-state index in [-0.39, 0.29) is 0 Å². The number of guanidine groups is 1. The Kier molecular flexibility index (Phi) is 5.40. The van der Waals surface area contributed by atoms with E-state index in [1.807, 2.05) is 13.1 Å². The number of hydrogen-bond acceptors (Lipinski definition) is 3. The van der Waals surface area contributed by atoms with E-state index in [0.717, 1.165) is 41.2 Å². The largest absolute Gasteiger partial charge is 0.369 e. The molecule has 0 bridgehead atoms. The third kappa shape index (κ3) is 4.08. The van der Waals surface area contributed by atoms with E-state index < -0.39 is 0 Å². The Morgan fingerprint density at radius 2 is 2.21 bits per heavy atom. The maximum Gasteiger partial charge on any atom is 0.191 e. The van der Waals surface area contributed by atoms with Gasteiger partial charge in [-0.3, -0.25) is 10.1 Å². The lowest BCUT2D eigenvalue weighted by molar-refractivity contribution is 0.648. The van der Waals surface area contributed by atoms with Gasteiger partial charge in [0.25, 0.3) is 0 Å². The van der Waals surface area contributed by atoms with E-state index in [4.69, 9.17) is 0 Å². The summed E-state index contributed by atoms with van der Waals surface area (Å²) < 4.78 is 1.11. The summed E-state index contributed by atoms with van der Waals surface area (Å²) in [4.78, 5) is 6.73. The molecule has 1 aromatic heterocycles. The highest BCUT2D eigenvalue weighted by molar-refractivity contribution is 9.10. The topological polar surface area (TPSA) is 68.3 Å².